The molecule has 0 aliphatic rings. The highest BCUT2D eigenvalue weighted by atomic mass is 16.1. The molecule has 4 heteroatoms. The SMILES string of the molecule is Cc1ccc(C(=O)NCc2cnn(C)c2C)cc1. The van der Waals surface area contributed by atoms with Gasteiger partial charge in [0.25, 0.3) is 5.91 Å². The van der Waals surface area contributed by atoms with Crippen LogP contribution in [0.25, 0.3) is 0 Å². The summed E-state index contributed by atoms with van der Waals surface area (Å²) in [7, 11) is 1.89. The zero-order valence-electron chi connectivity index (χ0n) is 10.9. The first-order chi connectivity index (χ1) is 8.58. The number of rotatable bonds is 3. The molecule has 0 spiro atoms. The van der Waals surface area contributed by atoms with Crippen molar-refractivity contribution in [1.29, 1.82) is 0 Å². The number of amides is 1. The van der Waals surface area contributed by atoms with Crippen LogP contribution in [0, 0.1) is 13.8 Å². The highest BCUT2D eigenvalue weighted by Crippen LogP contribution is 2.06. The summed E-state index contributed by atoms with van der Waals surface area (Å²) in [5, 5.41) is 7.04. The maximum atomic E-state index is 11.9. The summed E-state index contributed by atoms with van der Waals surface area (Å²) in [6.07, 6.45) is 1.78. The minimum absolute atomic E-state index is 0.0572. The van der Waals surface area contributed by atoms with Crippen LogP contribution in [0.5, 0.6) is 0 Å². The van der Waals surface area contributed by atoms with Crippen molar-refractivity contribution in [2.24, 2.45) is 7.05 Å². The van der Waals surface area contributed by atoms with Crippen molar-refractivity contribution in [3.05, 3.63) is 52.8 Å². The molecule has 1 N–H and O–H groups in total. The van der Waals surface area contributed by atoms with E-state index in [1.54, 1.807) is 10.9 Å². The van der Waals surface area contributed by atoms with E-state index in [-0.39, 0.29) is 5.91 Å². The number of hydrogen-bond acceptors (Lipinski definition) is 2. The molecular formula is C14H17N3O. The Hall–Kier alpha value is -2.10. The number of aryl methyl sites for hydroxylation is 2. The van der Waals surface area contributed by atoms with Crippen molar-refractivity contribution >= 4 is 5.91 Å². The van der Waals surface area contributed by atoms with Gasteiger partial charge in [0.1, 0.15) is 0 Å². The van der Waals surface area contributed by atoms with Gasteiger partial charge in [0, 0.05) is 30.4 Å². The van der Waals surface area contributed by atoms with Gasteiger partial charge in [-0.25, -0.2) is 0 Å². The Morgan fingerprint density at radius 2 is 1.94 bits per heavy atom. The van der Waals surface area contributed by atoms with Crippen LogP contribution in [-0.4, -0.2) is 15.7 Å². The lowest BCUT2D eigenvalue weighted by Gasteiger charge is -2.05. The standard InChI is InChI=1S/C14H17N3O/c1-10-4-6-12(7-5-10)14(18)15-8-13-9-16-17(3)11(13)2/h4-7,9H,8H2,1-3H3,(H,15,18). The van der Waals surface area contributed by atoms with E-state index in [1.165, 1.54) is 0 Å². The molecule has 0 fully saturated rings. The molecule has 1 aromatic carbocycles. The molecule has 0 aliphatic heterocycles. The lowest BCUT2D eigenvalue weighted by atomic mass is 10.1. The normalized spacial score (nSPS) is 10.4. The van der Waals surface area contributed by atoms with Crippen LogP contribution in [-0.2, 0) is 13.6 Å². The van der Waals surface area contributed by atoms with Gasteiger partial charge in [-0.2, -0.15) is 5.10 Å². The topological polar surface area (TPSA) is 46.9 Å². The van der Waals surface area contributed by atoms with Crippen LogP contribution in [0.2, 0.25) is 0 Å². The Balaban J connectivity index is 2.00. The molecule has 94 valence electrons. The minimum atomic E-state index is -0.0572. The quantitative estimate of drug-likeness (QED) is 0.895. The van der Waals surface area contributed by atoms with Crippen molar-refractivity contribution in [3.63, 3.8) is 0 Å². The van der Waals surface area contributed by atoms with Gasteiger partial charge in [0.2, 0.25) is 0 Å². The Labute approximate surface area is 107 Å². The Morgan fingerprint density at radius 1 is 1.28 bits per heavy atom. The monoisotopic (exact) mass is 243 g/mol. The lowest BCUT2D eigenvalue weighted by Crippen LogP contribution is -2.22. The third-order valence-corrected chi connectivity index (χ3v) is 3.09. The number of nitrogens with one attached hydrogen (secondary N) is 1. The number of aromatic nitrogens is 2. The van der Waals surface area contributed by atoms with E-state index in [9.17, 15) is 4.79 Å². The van der Waals surface area contributed by atoms with E-state index in [4.69, 9.17) is 0 Å². The number of benzene rings is 1. The second-order valence-corrected chi connectivity index (χ2v) is 4.43. The largest absolute Gasteiger partial charge is 0.348 e. The number of hydrogen-bond donors (Lipinski definition) is 1. The Kier molecular flexibility index (Phi) is 3.46. The zero-order chi connectivity index (χ0) is 13.1. The highest BCUT2D eigenvalue weighted by molar-refractivity contribution is 5.94. The molecule has 2 rings (SSSR count). The summed E-state index contributed by atoms with van der Waals surface area (Å²) in [6.45, 7) is 4.49. The van der Waals surface area contributed by atoms with Gasteiger partial charge in [-0.3, -0.25) is 9.48 Å². The molecular weight excluding hydrogens is 226 g/mol. The molecule has 0 saturated heterocycles. The summed E-state index contributed by atoms with van der Waals surface area (Å²) >= 11 is 0. The Bertz CT molecular complexity index is 555. The summed E-state index contributed by atoms with van der Waals surface area (Å²) < 4.78 is 1.80. The minimum Gasteiger partial charge on any atom is -0.348 e. The zero-order valence-corrected chi connectivity index (χ0v) is 10.9. The first-order valence-corrected chi connectivity index (χ1v) is 5.90. The number of carbonyl (C=O) groups is 1. The van der Waals surface area contributed by atoms with Crippen molar-refractivity contribution in [1.82, 2.24) is 15.1 Å². The molecule has 0 aliphatic carbocycles. The van der Waals surface area contributed by atoms with Crippen LogP contribution in [0.1, 0.15) is 27.2 Å². The maximum absolute atomic E-state index is 11.9. The third-order valence-electron chi connectivity index (χ3n) is 3.09. The van der Waals surface area contributed by atoms with Gasteiger partial charge in [0.05, 0.1) is 6.20 Å². The first kappa shape index (κ1) is 12.4. The van der Waals surface area contributed by atoms with Crippen molar-refractivity contribution in [2.75, 3.05) is 0 Å². The molecule has 18 heavy (non-hydrogen) atoms. The second kappa shape index (κ2) is 5.04. The van der Waals surface area contributed by atoms with E-state index in [1.807, 2.05) is 45.2 Å². The van der Waals surface area contributed by atoms with Crippen molar-refractivity contribution < 1.29 is 4.79 Å². The van der Waals surface area contributed by atoms with E-state index in [0.29, 0.717) is 12.1 Å². The predicted molar refractivity (Wildman–Crippen MR) is 70.3 cm³/mol. The highest BCUT2D eigenvalue weighted by Gasteiger charge is 2.07. The summed E-state index contributed by atoms with van der Waals surface area (Å²) in [5.41, 5.74) is 3.94. The van der Waals surface area contributed by atoms with Crippen LogP contribution >= 0.6 is 0 Å². The second-order valence-electron chi connectivity index (χ2n) is 4.43. The summed E-state index contributed by atoms with van der Waals surface area (Å²) in [5.74, 6) is -0.0572. The van der Waals surface area contributed by atoms with E-state index >= 15 is 0 Å². The average molecular weight is 243 g/mol. The van der Waals surface area contributed by atoms with E-state index < -0.39 is 0 Å². The first-order valence-electron chi connectivity index (χ1n) is 5.90. The smallest absolute Gasteiger partial charge is 0.251 e. The fraction of sp³-hybridized carbons (Fsp3) is 0.286. The Morgan fingerprint density at radius 3 is 2.50 bits per heavy atom. The van der Waals surface area contributed by atoms with Gasteiger partial charge in [-0.05, 0) is 26.0 Å². The lowest BCUT2D eigenvalue weighted by molar-refractivity contribution is 0.0951. The van der Waals surface area contributed by atoms with Gasteiger partial charge < -0.3 is 5.32 Å². The van der Waals surface area contributed by atoms with Crippen molar-refractivity contribution in [3.8, 4) is 0 Å². The summed E-state index contributed by atoms with van der Waals surface area (Å²) in [6, 6.07) is 7.54. The number of carbonyl (C=O) groups excluding carboxylic acids is 1. The predicted octanol–water partition coefficient (Wildman–Crippen LogP) is 1.97. The van der Waals surface area contributed by atoms with Gasteiger partial charge in [-0.15, -0.1) is 0 Å². The van der Waals surface area contributed by atoms with Crippen LogP contribution in [0.4, 0.5) is 0 Å². The molecule has 1 amide bonds. The molecule has 1 heterocycles. The summed E-state index contributed by atoms with van der Waals surface area (Å²) in [4.78, 5) is 11.9. The molecule has 0 unspecified atom stereocenters. The molecule has 1 aromatic heterocycles. The van der Waals surface area contributed by atoms with Crippen LogP contribution in [0.3, 0.4) is 0 Å². The van der Waals surface area contributed by atoms with Gasteiger partial charge in [-0.1, -0.05) is 17.7 Å². The van der Waals surface area contributed by atoms with Crippen molar-refractivity contribution in [2.45, 2.75) is 20.4 Å². The maximum Gasteiger partial charge on any atom is 0.251 e. The molecule has 0 bridgehead atoms. The molecule has 2 aromatic rings. The third kappa shape index (κ3) is 2.59. The van der Waals surface area contributed by atoms with Crippen LogP contribution in [0.15, 0.2) is 30.5 Å². The fourth-order valence-corrected chi connectivity index (χ4v) is 1.70. The fourth-order valence-electron chi connectivity index (χ4n) is 1.70. The van der Waals surface area contributed by atoms with E-state index in [0.717, 1.165) is 16.8 Å². The average Bonchev–Trinajstić information content (AvgIpc) is 2.68. The number of nitrogens with zero attached hydrogens (tertiary/aromatic N) is 2. The molecule has 0 saturated carbocycles. The van der Waals surface area contributed by atoms with Gasteiger partial charge >= 0.3 is 0 Å². The van der Waals surface area contributed by atoms with E-state index in [2.05, 4.69) is 10.4 Å². The molecule has 4 nitrogen and oxygen atoms in total. The van der Waals surface area contributed by atoms with Gasteiger partial charge in [0.15, 0.2) is 0 Å². The molecule has 0 atom stereocenters. The van der Waals surface area contributed by atoms with Crippen LogP contribution < -0.4 is 5.32 Å². The molecule has 0 radical (unpaired) electrons.